The van der Waals surface area contributed by atoms with Crippen molar-refractivity contribution in [1.82, 2.24) is 9.97 Å². The van der Waals surface area contributed by atoms with Crippen molar-refractivity contribution in [3.63, 3.8) is 0 Å². The highest BCUT2D eigenvalue weighted by atomic mass is 16.0. The molecule has 0 bridgehead atoms. The third-order valence-electron chi connectivity index (χ3n) is 3.45. The van der Waals surface area contributed by atoms with Gasteiger partial charge in [0.05, 0.1) is 11.0 Å². The van der Waals surface area contributed by atoms with Crippen LogP contribution in [0.25, 0.3) is 33.1 Å². The highest BCUT2D eigenvalue weighted by Gasteiger charge is 2.06. The van der Waals surface area contributed by atoms with E-state index in [0.717, 1.165) is 22.1 Å². The van der Waals surface area contributed by atoms with Crippen molar-refractivity contribution >= 4 is 21.8 Å². The summed E-state index contributed by atoms with van der Waals surface area (Å²) >= 11 is 0. The normalized spacial score (nSPS) is 10.1. The highest BCUT2D eigenvalue weighted by molar-refractivity contribution is 6.04. The number of nitrogens with one attached hydrogen (secondary N) is 1. The van der Waals surface area contributed by atoms with Crippen molar-refractivity contribution in [3.8, 4) is 11.3 Å². The molecule has 0 fully saturated rings. The minimum atomic E-state index is 0. The number of rotatable bonds is 1. The molecule has 4 nitrogen and oxygen atoms in total. The van der Waals surface area contributed by atoms with Crippen LogP contribution in [0.2, 0.25) is 0 Å². The lowest BCUT2D eigenvalue weighted by atomic mass is 10.1. The summed E-state index contributed by atoms with van der Waals surface area (Å²) in [6.07, 6.45) is 1.84. The fourth-order valence-electron chi connectivity index (χ4n) is 2.51. The van der Waals surface area contributed by atoms with Crippen LogP contribution in [0.3, 0.4) is 0 Å². The van der Waals surface area contributed by atoms with Crippen molar-refractivity contribution in [2.24, 2.45) is 0 Å². The topological polar surface area (TPSA) is 91.7 Å². The molecule has 0 saturated carbocycles. The first-order valence-electron chi connectivity index (χ1n) is 6.34. The largest absolute Gasteiger partial charge is 0.412 e. The standard InChI is InChI=1S/C17H12N2.2H2O/c1-2-5-12(6-3-1)15-11-14-9-8-13-7-4-10-18-16(13)17(14)19-15;;/h1-11,19H;2*1H2. The molecule has 2 aromatic heterocycles. The van der Waals surface area contributed by atoms with Crippen molar-refractivity contribution in [1.29, 1.82) is 0 Å². The molecule has 21 heavy (non-hydrogen) atoms. The average molecular weight is 280 g/mol. The first kappa shape index (κ1) is 14.7. The molecule has 0 aliphatic carbocycles. The van der Waals surface area contributed by atoms with Gasteiger partial charge < -0.3 is 15.9 Å². The second kappa shape index (κ2) is 5.75. The molecule has 4 aromatic rings. The highest BCUT2D eigenvalue weighted by Crippen LogP contribution is 2.28. The maximum absolute atomic E-state index is 4.49. The third-order valence-corrected chi connectivity index (χ3v) is 3.45. The Labute approximate surface area is 121 Å². The summed E-state index contributed by atoms with van der Waals surface area (Å²) in [7, 11) is 0. The molecule has 0 saturated heterocycles. The van der Waals surface area contributed by atoms with Crippen molar-refractivity contribution < 1.29 is 11.0 Å². The lowest BCUT2D eigenvalue weighted by Gasteiger charge is -1.98. The number of nitrogens with zero attached hydrogens (tertiary/aromatic N) is 1. The molecule has 4 heteroatoms. The van der Waals surface area contributed by atoms with Gasteiger partial charge in [0.25, 0.3) is 0 Å². The van der Waals surface area contributed by atoms with E-state index in [1.807, 2.05) is 18.3 Å². The van der Waals surface area contributed by atoms with Crippen LogP contribution in [0.4, 0.5) is 0 Å². The average Bonchev–Trinajstić information content (AvgIpc) is 2.93. The van der Waals surface area contributed by atoms with E-state index in [4.69, 9.17) is 0 Å². The number of aromatic amines is 1. The molecule has 0 atom stereocenters. The van der Waals surface area contributed by atoms with Gasteiger partial charge in [0.1, 0.15) is 0 Å². The SMILES string of the molecule is O.O.c1ccc(-c2cc3ccc4cccnc4c3[nH]2)cc1. The molecule has 0 amide bonds. The van der Waals surface area contributed by atoms with Crippen LogP contribution < -0.4 is 0 Å². The van der Waals surface area contributed by atoms with Gasteiger partial charge in [-0.15, -0.1) is 0 Å². The number of fused-ring (bicyclic) bond motifs is 3. The minimum Gasteiger partial charge on any atom is -0.412 e. The quantitative estimate of drug-likeness (QED) is 0.570. The lowest BCUT2D eigenvalue weighted by Crippen LogP contribution is -1.80. The molecule has 2 aromatic carbocycles. The number of aromatic nitrogens is 2. The number of pyridine rings is 1. The summed E-state index contributed by atoms with van der Waals surface area (Å²) in [6.45, 7) is 0. The Kier molecular flexibility index (Phi) is 4.03. The molecule has 0 spiro atoms. The zero-order valence-electron chi connectivity index (χ0n) is 11.3. The predicted octanol–water partition coefficient (Wildman–Crippen LogP) is 2.73. The van der Waals surface area contributed by atoms with Gasteiger partial charge >= 0.3 is 0 Å². The van der Waals surface area contributed by atoms with E-state index in [-0.39, 0.29) is 11.0 Å². The molecule has 0 aliphatic heterocycles. The van der Waals surface area contributed by atoms with Crippen LogP contribution in [0.5, 0.6) is 0 Å². The van der Waals surface area contributed by atoms with Gasteiger partial charge in [0.2, 0.25) is 0 Å². The summed E-state index contributed by atoms with van der Waals surface area (Å²) in [5.74, 6) is 0. The number of hydrogen-bond donors (Lipinski definition) is 1. The Bertz CT molecular complexity index is 870. The maximum atomic E-state index is 4.49. The molecule has 106 valence electrons. The summed E-state index contributed by atoms with van der Waals surface area (Å²) in [5, 5.41) is 2.36. The van der Waals surface area contributed by atoms with Crippen LogP contribution in [0, 0.1) is 0 Å². The van der Waals surface area contributed by atoms with E-state index < -0.39 is 0 Å². The fraction of sp³-hybridized carbons (Fsp3) is 0. The van der Waals surface area contributed by atoms with Crippen LogP contribution in [0.15, 0.2) is 66.9 Å². The Morgan fingerprint density at radius 1 is 0.762 bits per heavy atom. The first-order chi connectivity index (χ1) is 9.42. The van der Waals surface area contributed by atoms with Gasteiger partial charge in [-0.2, -0.15) is 0 Å². The van der Waals surface area contributed by atoms with Crippen LogP contribution in [-0.2, 0) is 0 Å². The van der Waals surface area contributed by atoms with Crippen molar-refractivity contribution in [2.45, 2.75) is 0 Å². The predicted molar refractivity (Wildman–Crippen MR) is 86.3 cm³/mol. The van der Waals surface area contributed by atoms with E-state index in [2.05, 4.69) is 58.5 Å². The number of benzene rings is 2. The van der Waals surface area contributed by atoms with Gasteiger partial charge in [-0.1, -0.05) is 48.5 Å². The van der Waals surface area contributed by atoms with E-state index in [0.29, 0.717) is 0 Å². The molecule has 4 rings (SSSR count). The Hall–Kier alpha value is -2.69. The van der Waals surface area contributed by atoms with Gasteiger partial charge in [0, 0.05) is 22.7 Å². The van der Waals surface area contributed by atoms with E-state index in [1.165, 1.54) is 10.9 Å². The van der Waals surface area contributed by atoms with E-state index in [1.54, 1.807) is 0 Å². The third kappa shape index (κ3) is 2.38. The molecule has 0 radical (unpaired) electrons. The molecule has 2 heterocycles. The lowest BCUT2D eigenvalue weighted by molar-refractivity contribution is 0.823. The zero-order valence-corrected chi connectivity index (χ0v) is 11.3. The van der Waals surface area contributed by atoms with Crippen molar-refractivity contribution in [2.75, 3.05) is 0 Å². The maximum Gasteiger partial charge on any atom is 0.0942 e. The molecular weight excluding hydrogens is 264 g/mol. The Morgan fingerprint density at radius 3 is 2.33 bits per heavy atom. The van der Waals surface area contributed by atoms with Crippen LogP contribution in [0.1, 0.15) is 0 Å². The summed E-state index contributed by atoms with van der Waals surface area (Å²) in [5.41, 5.74) is 4.47. The first-order valence-corrected chi connectivity index (χ1v) is 6.34. The Balaban J connectivity index is 0.000000807. The van der Waals surface area contributed by atoms with E-state index in [9.17, 15) is 0 Å². The zero-order chi connectivity index (χ0) is 12.7. The van der Waals surface area contributed by atoms with Crippen molar-refractivity contribution in [3.05, 3.63) is 66.9 Å². The van der Waals surface area contributed by atoms with Crippen LogP contribution >= 0.6 is 0 Å². The van der Waals surface area contributed by atoms with Crippen LogP contribution in [-0.4, -0.2) is 20.9 Å². The van der Waals surface area contributed by atoms with E-state index >= 15 is 0 Å². The summed E-state index contributed by atoms with van der Waals surface area (Å²) in [4.78, 5) is 7.98. The smallest absolute Gasteiger partial charge is 0.0942 e. The second-order valence-corrected chi connectivity index (χ2v) is 4.65. The summed E-state index contributed by atoms with van der Waals surface area (Å²) in [6, 6.07) is 20.9. The molecule has 0 aliphatic rings. The molecular formula is C17H16N2O2. The van der Waals surface area contributed by atoms with Gasteiger partial charge in [-0.3, -0.25) is 4.98 Å². The Morgan fingerprint density at radius 2 is 1.52 bits per heavy atom. The molecule has 0 unspecified atom stereocenters. The fourth-order valence-corrected chi connectivity index (χ4v) is 2.51. The van der Waals surface area contributed by atoms with Gasteiger partial charge in [0.15, 0.2) is 0 Å². The number of H-pyrrole nitrogens is 1. The van der Waals surface area contributed by atoms with Gasteiger partial charge in [-0.05, 0) is 17.7 Å². The van der Waals surface area contributed by atoms with Gasteiger partial charge in [-0.25, -0.2) is 0 Å². The summed E-state index contributed by atoms with van der Waals surface area (Å²) < 4.78 is 0. The second-order valence-electron chi connectivity index (χ2n) is 4.65. The minimum absolute atomic E-state index is 0. The monoisotopic (exact) mass is 280 g/mol. The number of hydrogen-bond acceptors (Lipinski definition) is 1. The molecule has 5 N–H and O–H groups in total.